The van der Waals surface area contributed by atoms with Crippen LogP contribution in [-0.4, -0.2) is 31.3 Å². The van der Waals surface area contributed by atoms with E-state index in [0.717, 1.165) is 31.4 Å². The highest BCUT2D eigenvalue weighted by atomic mass is 35.5. The van der Waals surface area contributed by atoms with Crippen molar-refractivity contribution in [1.82, 2.24) is 4.90 Å². The van der Waals surface area contributed by atoms with Crippen molar-refractivity contribution in [2.45, 2.75) is 12.3 Å². The first-order valence-corrected chi connectivity index (χ1v) is 7.90. The molecular weight excluding hydrogens is 325 g/mol. The molecule has 2 aromatic rings. The van der Waals surface area contributed by atoms with Crippen molar-refractivity contribution in [3.05, 3.63) is 56.2 Å². The number of benzene rings is 1. The minimum absolute atomic E-state index is 0. The van der Waals surface area contributed by atoms with Gasteiger partial charge in [-0.05, 0) is 24.6 Å². The molecule has 112 valence electrons. The van der Waals surface area contributed by atoms with Gasteiger partial charge in [-0.1, -0.05) is 41.9 Å². The number of thiophene rings is 1. The van der Waals surface area contributed by atoms with Crippen LogP contribution in [0.15, 0.2) is 30.3 Å². The molecule has 0 saturated carbocycles. The number of hydrogen-bond acceptors (Lipinski definition) is 3. The summed E-state index contributed by atoms with van der Waals surface area (Å²) in [6, 6.07) is 10.5. The van der Waals surface area contributed by atoms with Crippen LogP contribution in [0.3, 0.4) is 0 Å². The summed E-state index contributed by atoms with van der Waals surface area (Å²) in [6.45, 7) is 1.94. The predicted octanol–water partition coefficient (Wildman–Crippen LogP) is 4.26. The first kappa shape index (κ1) is 16.5. The molecule has 0 bridgehead atoms. The molecule has 0 spiro atoms. The van der Waals surface area contributed by atoms with Crippen molar-refractivity contribution in [2.75, 3.05) is 20.1 Å². The second-order valence-corrected chi connectivity index (χ2v) is 6.68. The van der Waals surface area contributed by atoms with Gasteiger partial charge >= 0.3 is 0 Å². The monoisotopic (exact) mass is 341 g/mol. The highest BCUT2D eigenvalue weighted by Crippen LogP contribution is 2.41. The van der Waals surface area contributed by atoms with Crippen molar-refractivity contribution in [2.24, 2.45) is 0 Å². The zero-order chi connectivity index (χ0) is 14.1. The summed E-state index contributed by atoms with van der Waals surface area (Å²) in [5.41, 5.74) is 2.45. The Bertz CT molecular complexity index is 627. The van der Waals surface area contributed by atoms with E-state index in [1.54, 1.807) is 11.3 Å². The first-order valence-electron chi connectivity index (χ1n) is 6.70. The van der Waals surface area contributed by atoms with Gasteiger partial charge in [-0.3, -0.25) is 4.79 Å². The van der Waals surface area contributed by atoms with E-state index < -0.39 is 0 Å². The first-order chi connectivity index (χ1) is 9.70. The third kappa shape index (κ3) is 3.16. The second-order valence-electron chi connectivity index (χ2n) is 5.22. The lowest BCUT2D eigenvalue weighted by molar-refractivity contribution is 0.112. The van der Waals surface area contributed by atoms with Gasteiger partial charge in [0.1, 0.15) is 0 Å². The Kier molecular flexibility index (Phi) is 5.44. The largest absolute Gasteiger partial charge is 0.305 e. The third-order valence-corrected chi connectivity index (χ3v) is 5.68. The Hall–Kier alpha value is -0.870. The summed E-state index contributed by atoms with van der Waals surface area (Å²) in [7, 11) is 2.14. The summed E-state index contributed by atoms with van der Waals surface area (Å²) in [5, 5.41) is 0.663. The molecule has 2 heterocycles. The molecule has 5 heteroatoms. The maximum Gasteiger partial charge on any atom is 0.161 e. The number of hydrogen-bond donors (Lipinski definition) is 0. The number of fused-ring (bicyclic) bond motifs is 1. The minimum Gasteiger partial charge on any atom is -0.305 e. The standard InChI is InChI=1S/C16H16ClNOS.ClH/c1-18-8-7-12-15(17)14(10-19)20-16(12)13(9-18)11-5-3-2-4-6-11;/h2-6,10,13H,7-9H2,1H3;1H. The van der Waals surface area contributed by atoms with Crippen LogP contribution in [0.1, 0.15) is 31.6 Å². The van der Waals surface area contributed by atoms with E-state index in [1.807, 2.05) is 6.07 Å². The lowest BCUT2D eigenvalue weighted by Crippen LogP contribution is -2.24. The molecule has 0 fully saturated rings. The zero-order valence-corrected chi connectivity index (χ0v) is 14.1. The topological polar surface area (TPSA) is 20.3 Å². The average molecular weight is 342 g/mol. The number of carbonyl (C=O) groups is 1. The molecule has 0 saturated heterocycles. The van der Waals surface area contributed by atoms with Gasteiger partial charge in [-0.25, -0.2) is 0 Å². The van der Waals surface area contributed by atoms with Gasteiger partial charge in [0, 0.05) is 23.9 Å². The number of rotatable bonds is 2. The van der Waals surface area contributed by atoms with E-state index in [1.165, 1.54) is 10.4 Å². The highest BCUT2D eigenvalue weighted by molar-refractivity contribution is 7.14. The summed E-state index contributed by atoms with van der Waals surface area (Å²) in [5.74, 6) is 0.301. The maximum absolute atomic E-state index is 11.2. The van der Waals surface area contributed by atoms with Crippen molar-refractivity contribution < 1.29 is 4.79 Å². The predicted molar refractivity (Wildman–Crippen MR) is 91.5 cm³/mol. The Balaban J connectivity index is 0.00000161. The molecule has 21 heavy (non-hydrogen) atoms. The van der Waals surface area contributed by atoms with Crippen LogP contribution in [0.25, 0.3) is 0 Å². The van der Waals surface area contributed by atoms with Crippen LogP contribution in [0, 0.1) is 0 Å². The summed E-state index contributed by atoms with van der Waals surface area (Å²) in [4.78, 5) is 15.4. The second kappa shape index (κ2) is 6.93. The van der Waals surface area contributed by atoms with Crippen LogP contribution in [0.4, 0.5) is 0 Å². The Morgan fingerprint density at radius 2 is 2.05 bits per heavy atom. The molecule has 0 radical (unpaired) electrons. The van der Waals surface area contributed by atoms with Gasteiger partial charge in [-0.2, -0.15) is 0 Å². The van der Waals surface area contributed by atoms with Crippen LogP contribution in [0.2, 0.25) is 5.02 Å². The van der Waals surface area contributed by atoms with Crippen molar-refractivity contribution in [3.8, 4) is 0 Å². The zero-order valence-electron chi connectivity index (χ0n) is 11.7. The molecule has 3 rings (SSSR count). The van der Waals surface area contributed by atoms with Crippen molar-refractivity contribution in [3.63, 3.8) is 0 Å². The molecule has 2 nitrogen and oxygen atoms in total. The molecule has 0 amide bonds. The van der Waals surface area contributed by atoms with E-state index in [9.17, 15) is 4.79 Å². The Labute approximate surface area is 140 Å². The smallest absolute Gasteiger partial charge is 0.161 e. The number of halogens is 2. The number of aldehydes is 1. The normalized spacial score (nSPS) is 18.5. The highest BCUT2D eigenvalue weighted by Gasteiger charge is 2.28. The van der Waals surface area contributed by atoms with Crippen LogP contribution < -0.4 is 0 Å². The number of nitrogens with zero attached hydrogens (tertiary/aromatic N) is 1. The van der Waals surface area contributed by atoms with Gasteiger partial charge in [0.25, 0.3) is 0 Å². The van der Waals surface area contributed by atoms with Crippen molar-refractivity contribution >= 4 is 41.6 Å². The van der Waals surface area contributed by atoms with Crippen LogP contribution >= 0.6 is 35.3 Å². The molecule has 1 aromatic carbocycles. The number of likely N-dealkylation sites (N-methyl/N-ethyl adjacent to an activating group) is 1. The molecule has 0 aliphatic carbocycles. The van der Waals surface area contributed by atoms with Gasteiger partial charge in [0.15, 0.2) is 6.29 Å². The lowest BCUT2D eigenvalue weighted by atomic mass is 9.95. The van der Waals surface area contributed by atoms with Gasteiger partial charge in [0.2, 0.25) is 0 Å². The van der Waals surface area contributed by atoms with Gasteiger partial charge in [-0.15, -0.1) is 23.7 Å². The molecule has 0 N–H and O–H groups in total. The quantitative estimate of drug-likeness (QED) is 0.760. The van der Waals surface area contributed by atoms with E-state index >= 15 is 0 Å². The minimum atomic E-state index is 0. The molecule has 1 unspecified atom stereocenters. The fourth-order valence-electron chi connectivity index (χ4n) is 2.80. The molecule has 1 atom stereocenters. The van der Waals surface area contributed by atoms with Gasteiger partial charge < -0.3 is 4.90 Å². The number of carbonyl (C=O) groups excluding carboxylic acids is 1. The third-order valence-electron chi connectivity index (χ3n) is 3.86. The fraction of sp³-hybridized carbons (Fsp3) is 0.312. The maximum atomic E-state index is 11.2. The molecule has 1 aromatic heterocycles. The Morgan fingerprint density at radius 1 is 1.33 bits per heavy atom. The van der Waals surface area contributed by atoms with Crippen molar-refractivity contribution in [1.29, 1.82) is 0 Å². The Morgan fingerprint density at radius 3 is 2.71 bits per heavy atom. The molecule has 1 aliphatic heterocycles. The fourth-order valence-corrected chi connectivity index (χ4v) is 4.39. The molecule has 1 aliphatic rings. The summed E-state index contributed by atoms with van der Waals surface area (Å²) in [6.07, 6.45) is 1.80. The lowest BCUT2D eigenvalue weighted by Gasteiger charge is -2.20. The van der Waals surface area contributed by atoms with E-state index in [0.29, 0.717) is 15.8 Å². The van der Waals surface area contributed by atoms with E-state index in [4.69, 9.17) is 11.6 Å². The van der Waals surface area contributed by atoms with Crippen LogP contribution in [0.5, 0.6) is 0 Å². The summed E-state index contributed by atoms with van der Waals surface area (Å²) < 4.78 is 0. The van der Waals surface area contributed by atoms with E-state index in [-0.39, 0.29) is 12.4 Å². The van der Waals surface area contributed by atoms with Gasteiger partial charge in [0.05, 0.1) is 9.90 Å². The van der Waals surface area contributed by atoms with Crippen LogP contribution in [-0.2, 0) is 6.42 Å². The van der Waals surface area contributed by atoms with E-state index in [2.05, 4.69) is 36.2 Å². The summed E-state index contributed by atoms with van der Waals surface area (Å²) >= 11 is 7.93. The SMILES string of the molecule is CN1CCc2c(sc(C=O)c2Cl)C(c2ccccc2)C1.Cl. The molecular formula is C16H17Cl2NOS. The average Bonchev–Trinajstić information content (AvgIpc) is 2.69.